The molecule has 6 heteroatoms. The normalized spacial score (nSPS) is 10.2. The first-order valence-corrected chi connectivity index (χ1v) is 6.78. The molecule has 0 saturated heterocycles. The van der Waals surface area contributed by atoms with Crippen LogP contribution in [0, 0.1) is 4.91 Å². The van der Waals surface area contributed by atoms with Crippen molar-refractivity contribution in [1.82, 2.24) is 9.97 Å². The lowest BCUT2D eigenvalue weighted by Crippen LogP contribution is -2.34. The summed E-state index contributed by atoms with van der Waals surface area (Å²) in [6, 6.07) is 20.8. The molecule has 0 atom stereocenters. The van der Waals surface area contributed by atoms with Gasteiger partial charge in [-0.25, -0.2) is 9.97 Å². The first kappa shape index (κ1) is 14.1. The number of nitrogens with zero attached hydrogens (tertiary/aromatic N) is 3. The van der Waals surface area contributed by atoms with Crippen LogP contribution in [0.3, 0.4) is 0 Å². The Labute approximate surface area is 127 Å². The van der Waals surface area contributed by atoms with Gasteiger partial charge >= 0.3 is 7.05 Å². The Bertz CT molecular complexity index is 724. The molecular formula is C16H12BN3O2. The molecular weight excluding hydrogens is 277 g/mol. The molecule has 3 aromatic rings. The fraction of sp³-hybridized carbons (Fsp3) is 0. The standard InChI is InChI=1S/C16H12BN3O2/c21-17(20-22)16-18-14(12-7-3-1-4-8-12)11-15(19-16)13-9-5-2-6-10-13/h1-11,21H. The molecule has 22 heavy (non-hydrogen) atoms. The minimum absolute atomic E-state index is 0.00444. The molecule has 0 radical (unpaired) electrons. The van der Waals surface area contributed by atoms with Crippen LogP contribution in [0.1, 0.15) is 0 Å². The van der Waals surface area contributed by atoms with Crippen LogP contribution in [-0.2, 0) is 0 Å². The number of hydrogen-bond acceptors (Lipinski definition) is 5. The minimum atomic E-state index is -1.58. The molecule has 0 unspecified atom stereocenters. The minimum Gasteiger partial charge on any atom is -0.423 e. The fourth-order valence-corrected chi connectivity index (χ4v) is 2.14. The van der Waals surface area contributed by atoms with Crippen LogP contribution >= 0.6 is 0 Å². The predicted molar refractivity (Wildman–Crippen MR) is 86.3 cm³/mol. The summed E-state index contributed by atoms with van der Waals surface area (Å²) in [5.41, 5.74) is 3.01. The summed E-state index contributed by atoms with van der Waals surface area (Å²) >= 11 is 0. The Morgan fingerprint density at radius 3 is 1.68 bits per heavy atom. The van der Waals surface area contributed by atoms with Crippen molar-refractivity contribution in [3.8, 4) is 22.5 Å². The lowest BCUT2D eigenvalue weighted by molar-refractivity contribution is 0.584. The molecule has 0 aliphatic carbocycles. The van der Waals surface area contributed by atoms with E-state index in [0.29, 0.717) is 11.4 Å². The largest absolute Gasteiger partial charge is 0.555 e. The van der Waals surface area contributed by atoms with Gasteiger partial charge in [0.05, 0.1) is 11.4 Å². The lowest BCUT2D eigenvalue weighted by atomic mass is 9.84. The number of benzene rings is 2. The lowest BCUT2D eigenvalue weighted by Gasteiger charge is -2.08. The second-order valence-corrected chi connectivity index (χ2v) is 4.71. The van der Waals surface area contributed by atoms with E-state index in [0.717, 1.165) is 11.1 Å². The number of nitroso groups, excluding NO2 is 1. The fourth-order valence-electron chi connectivity index (χ4n) is 2.14. The average Bonchev–Trinajstić information content (AvgIpc) is 2.62. The summed E-state index contributed by atoms with van der Waals surface area (Å²) in [4.78, 5) is 19.1. The highest BCUT2D eigenvalue weighted by atomic mass is 16.3. The summed E-state index contributed by atoms with van der Waals surface area (Å²) in [6.45, 7) is 0. The van der Waals surface area contributed by atoms with E-state index < -0.39 is 7.05 Å². The smallest absolute Gasteiger partial charge is 0.423 e. The highest BCUT2D eigenvalue weighted by Crippen LogP contribution is 2.21. The number of aromatic nitrogens is 2. The van der Waals surface area contributed by atoms with Gasteiger partial charge in [-0.3, -0.25) is 0 Å². The zero-order valence-electron chi connectivity index (χ0n) is 11.6. The van der Waals surface area contributed by atoms with Gasteiger partial charge in [0.25, 0.3) is 0 Å². The second-order valence-electron chi connectivity index (χ2n) is 4.71. The third-order valence-corrected chi connectivity index (χ3v) is 3.21. The van der Waals surface area contributed by atoms with Crippen molar-refractivity contribution >= 4 is 12.8 Å². The molecule has 1 aromatic heterocycles. The van der Waals surface area contributed by atoms with Crippen LogP contribution < -0.4 is 5.72 Å². The van der Waals surface area contributed by atoms with Gasteiger partial charge in [-0.05, 0) is 6.07 Å². The van der Waals surface area contributed by atoms with Crippen molar-refractivity contribution in [3.05, 3.63) is 71.6 Å². The summed E-state index contributed by atoms with van der Waals surface area (Å²) in [5.74, 6) is 0. The van der Waals surface area contributed by atoms with Crippen LogP contribution in [-0.4, -0.2) is 22.0 Å². The van der Waals surface area contributed by atoms with Crippen molar-refractivity contribution in [1.29, 1.82) is 0 Å². The molecule has 0 saturated carbocycles. The zero-order valence-corrected chi connectivity index (χ0v) is 11.6. The molecule has 1 heterocycles. The van der Waals surface area contributed by atoms with Crippen LogP contribution in [0.2, 0.25) is 0 Å². The van der Waals surface area contributed by atoms with E-state index in [9.17, 15) is 9.93 Å². The van der Waals surface area contributed by atoms with E-state index in [1.165, 1.54) is 0 Å². The van der Waals surface area contributed by atoms with Gasteiger partial charge in [0, 0.05) is 11.1 Å². The molecule has 106 valence electrons. The zero-order chi connectivity index (χ0) is 15.4. The number of hydrogen-bond donors (Lipinski definition) is 1. The molecule has 0 aliphatic rings. The van der Waals surface area contributed by atoms with Crippen LogP contribution in [0.25, 0.3) is 22.5 Å². The molecule has 3 rings (SSSR count). The summed E-state index contributed by atoms with van der Waals surface area (Å²) in [7, 11) is -1.58. The first-order chi connectivity index (χ1) is 10.8. The van der Waals surface area contributed by atoms with E-state index in [4.69, 9.17) is 0 Å². The Hall–Kier alpha value is -2.86. The SMILES string of the molecule is O=NB(O)c1nc(-c2ccccc2)cc(-c2ccccc2)n1. The Kier molecular flexibility index (Phi) is 4.02. The van der Waals surface area contributed by atoms with E-state index in [2.05, 4.69) is 15.1 Å². The van der Waals surface area contributed by atoms with Gasteiger partial charge in [-0.2, -0.15) is 4.91 Å². The Morgan fingerprint density at radius 1 is 0.818 bits per heavy atom. The van der Waals surface area contributed by atoms with Crippen LogP contribution in [0.4, 0.5) is 0 Å². The number of rotatable bonds is 4. The van der Waals surface area contributed by atoms with Gasteiger partial charge in [0.15, 0.2) is 5.72 Å². The maximum absolute atomic E-state index is 10.6. The van der Waals surface area contributed by atoms with Gasteiger partial charge in [-0.15, -0.1) is 0 Å². The monoisotopic (exact) mass is 289 g/mol. The van der Waals surface area contributed by atoms with Gasteiger partial charge in [-0.1, -0.05) is 65.8 Å². The molecule has 1 N–H and O–H groups in total. The van der Waals surface area contributed by atoms with Gasteiger partial charge in [0.2, 0.25) is 0 Å². The topological polar surface area (TPSA) is 75.4 Å². The molecule has 0 bridgehead atoms. The molecule has 0 spiro atoms. The summed E-state index contributed by atoms with van der Waals surface area (Å²) in [5, 5.41) is 12.3. The Morgan fingerprint density at radius 2 is 1.27 bits per heavy atom. The molecule has 0 amide bonds. The van der Waals surface area contributed by atoms with E-state index in [1.807, 2.05) is 66.7 Å². The van der Waals surface area contributed by atoms with Crippen LogP contribution in [0.15, 0.2) is 71.8 Å². The van der Waals surface area contributed by atoms with Crippen molar-refractivity contribution in [2.45, 2.75) is 0 Å². The average molecular weight is 289 g/mol. The summed E-state index contributed by atoms with van der Waals surface area (Å²) in [6.07, 6.45) is 0. The molecule has 0 fully saturated rings. The van der Waals surface area contributed by atoms with Crippen molar-refractivity contribution in [3.63, 3.8) is 0 Å². The maximum atomic E-state index is 10.6. The third kappa shape index (κ3) is 2.92. The molecule has 5 nitrogen and oxygen atoms in total. The molecule has 0 aliphatic heterocycles. The van der Waals surface area contributed by atoms with Crippen LogP contribution in [0.5, 0.6) is 0 Å². The van der Waals surface area contributed by atoms with Crippen molar-refractivity contribution in [2.75, 3.05) is 0 Å². The van der Waals surface area contributed by atoms with Crippen molar-refractivity contribution in [2.24, 2.45) is 5.09 Å². The Balaban J connectivity index is 2.16. The third-order valence-electron chi connectivity index (χ3n) is 3.21. The van der Waals surface area contributed by atoms with Gasteiger partial charge < -0.3 is 5.02 Å². The maximum Gasteiger partial charge on any atom is 0.555 e. The first-order valence-electron chi connectivity index (χ1n) is 6.78. The highest BCUT2D eigenvalue weighted by Gasteiger charge is 2.22. The van der Waals surface area contributed by atoms with E-state index in [1.54, 1.807) is 0 Å². The predicted octanol–water partition coefficient (Wildman–Crippen LogP) is 2.26. The van der Waals surface area contributed by atoms with E-state index >= 15 is 0 Å². The van der Waals surface area contributed by atoms with Crippen molar-refractivity contribution < 1.29 is 5.02 Å². The highest BCUT2D eigenvalue weighted by molar-refractivity contribution is 6.62. The van der Waals surface area contributed by atoms with Gasteiger partial charge in [0.1, 0.15) is 0 Å². The second kappa shape index (κ2) is 6.28. The molecule has 2 aromatic carbocycles. The summed E-state index contributed by atoms with van der Waals surface area (Å²) < 4.78 is 0. The quantitative estimate of drug-likeness (QED) is 0.590. The van der Waals surface area contributed by atoms with E-state index in [-0.39, 0.29) is 5.72 Å².